The van der Waals surface area contributed by atoms with E-state index in [2.05, 4.69) is 13.2 Å². The first-order chi connectivity index (χ1) is 37.0. The number of hydrogen-bond donors (Lipinski definition) is 0. The molecule has 77 heavy (non-hydrogen) atoms. The van der Waals surface area contributed by atoms with Gasteiger partial charge < -0.3 is 0 Å². The molecule has 6 heterocycles. The Labute approximate surface area is 437 Å². The average Bonchev–Trinajstić information content (AvgIpc) is 4.52. The van der Waals surface area contributed by atoms with Crippen LogP contribution in [0.15, 0.2) is 106 Å². The van der Waals surface area contributed by atoms with Gasteiger partial charge in [0.1, 0.15) is 0 Å². The molecule has 2 bridgehead atoms. The largest absolute Gasteiger partial charge is 0.275 e. The number of hydrogen-bond acceptors (Lipinski definition) is 12. The number of carbonyl (C=O) groups excluding carboxylic acids is 4. The van der Waals surface area contributed by atoms with Crippen molar-refractivity contribution in [2.75, 3.05) is 6.54 Å². The predicted octanol–water partition coefficient (Wildman–Crippen LogP) is 4.29. The number of fused-ring (bicyclic) bond motifs is 9. The molecule has 2 aliphatic heterocycles. The number of carbonyl (C=O) groups is 4. The van der Waals surface area contributed by atoms with Crippen LogP contribution in [0, 0.1) is 53.3 Å². The normalized spacial score (nSPS) is 28.1. The molecule has 18 nitrogen and oxygen atoms in total. The van der Waals surface area contributed by atoms with E-state index in [0.29, 0.717) is 49.9 Å². The van der Waals surface area contributed by atoms with Crippen LogP contribution in [0.25, 0.3) is 48.8 Å². The van der Waals surface area contributed by atoms with Gasteiger partial charge in [0.25, 0.3) is 68.1 Å². The molecule has 0 spiro atoms. The van der Waals surface area contributed by atoms with Crippen LogP contribution in [0.4, 0.5) is 0 Å². The fourth-order valence-electron chi connectivity index (χ4n) is 16.1. The molecule has 5 fully saturated rings. The van der Waals surface area contributed by atoms with Gasteiger partial charge in [0.2, 0.25) is 0 Å². The highest BCUT2D eigenvalue weighted by Gasteiger charge is 2.57. The number of rotatable bonds is 13. The minimum Gasteiger partial charge on any atom is -0.275 e. The lowest BCUT2D eigenvalue weighted by atomic mass is 9.75. The molecular weight excluding hydrogens is 985 g/mol. The van der Waals surface area contributed by atoms with E-state index in [1.807, 2.05) is 0 Å². The molecule has 5 saturated carbocycles. The summed E-state index contributed by atoms with van der Waals surface area (Å²) in [6.45, 7) is 8.78. The van der Waals surface area contributed by atoms with E-state index in [9.17, 15) is 57.5 Å². The predicted molar refractivity (Wildman–Crippen MR) is 286 cm³/mol. The summed E-state index contributed by atoms with van der Waals surface area (Å²) in [6, 6.07) is 5.10. The second-order valence-electron chi connectivity index (χ2n) is 23.3. The molecule has 5 aliphatic carbocycles. The van der Waals surface area contributed by atoms with Crippen molar-refractivity contribution in [1.82, 2.24) is 28.1 Å². The van der Waals surface area contributed by atoms with Gasteiger partial charge in [-0.3, -0.25) is 76.1 Å². The SMILES string of the molecule is C=C(C1CCCCC1CCn1c(=O)c2cc3c(=O)n(CC4CC5C6CC(C5C4)C(n4c(=O)c5cc7c(=O)n(C(=C)C8CCCCC8CCN8C(=O)C=CC8=O)c(=O)c7cc5c4=O)C6)c(=O)c3cc2c1=O)N1C(=O)C=CC1=O. The monoisotopic (exact) mass is 1040 g/mol. The van der Waals surface area contributed by atoms with Crippen LogP contribution in [-0.2, 0) is 32.3 Å². The van der Waals surface area contributed by atoms with E-state index >= 15 is 0 Å². The maximum absolute atomic E-state index is 14.4. The second-order valence-corrected chi connectivity index (χ2v) is 23.3. The molecule has 6 aromatic rings. The number of benzene rings is 2. The van der Waals surface area contributed by atoms with Gasteiger partial charge in [-0.25, -0.2) is 9.47 Å². The molecule has 10 atom stereocenters. The van der Waals surface area contributed by atoms with Gasteiger partial charge in [0, 0.05) is 73.2 Å². The molecule has 0 radical (unpaired) electrons. The Hall–Kier alpha value is -7.76. The van der Waals surface area contributed by atoms with Gasteiger partial charge in [-0.2, -0.15) is 0 Å². The summed E-state index contributed by atoms with van der Waals surface area (Å²) in [4.78, 5) is 164. The Balaban J connectivity index is 0.713. The fourth-order valence-corrected chi connectivity index (χ4v) is 16.1. The van der Waals surface area contributed by atoms with Crippen LogP contribution in [-0.4, -0.2) is 58.2 Å². The molecule has 394 valence electrons. The number of amides is 4. The van der Waals surface area contributed by atoms with Gasteiger partial charge in [0.15, 0.2) is 0 Å². The Morgan fingerprint density at radius 2 is 0.883 bits per heavy atom. The van der Waals surface area contributed by atoms with Crippen molar-refractivity contribution >= 4 is 72.4 Å². The first-order valence-corrected chi connectivity index (χ1v) is 27.3. The van der Waals surface area contributed by atoms with Gasteiger partial charge in [-0.05, 0) is 130 Å². The molecule has 10 unspecified atom stereocenters. The molecule has 0 N–H and O–H groups in total. The van der Waals surface area contributed by atoms with Crippen LogP contribution < -0.4 is 44.5 Å². The highest BCUT2D eigenvalue weighted by atomic mass is 16.2. The number of nitrogens with zero attached hydrogens (tertiary/aromatic N) is 6. The van der Waals surface area contributed by atoms with Crippen molar-refractivity contribution in [2.45, 2.75) is 109 Å². The quantitative estimate of drug-likeness (QED) is 0.148. The summed E-state index contributed by atoms with van der Waals surface area (Å²) in [5.41, 5.74) is -3.65. The Bertz CT molecular complexity index is 3990. The average molecular weight is 1040 g/mol. The Morgan fingerprint density at radius 3 is 1.43 bits per heavy atom. The third-order valence-corrected chi connectivity index (χ3v) is 19.7. The Morgan fingerprint density at radius 1 is 0.442 bits per heavy atom. The standard InChI is InChI=1S/C59H56N6O12/c1-28(63-50(68)13-14-51(63)69)34-9-5-3-8-32(34)16-18-61-52(70)39-23-41-42(24-40(39)53(61)71)55(73)62(54(41)72)27-30-19-36-33-21-38(37(36)20-30)47(22-33)65-58(76)45-25-43-44(26-46(45)59(65)77)57(75)64(56(43)74)29(2)35-10-6-4-7-31(35)15-17-60-48(66)11-12-49(60)67/h11-14,23-26,30-38,47H,1-10,15-22,27H2. The molecule has 18 heteroatoms. The lowest BCUT2D eigenvalue weighted by molar-refractivity contribution is -0.138. The topological polar surface area (TPSA) is 231 Å². The third kappa shape index (κ3) is 7.32. The van der Waals surface area contributed by atoms with Crippen molar-refractivity contribution < 1.29 is 19.2 Å². The molecular formula is C59H56N6O12. The van der Waals surface area contributed by atoms with Crippen molar-refractivity contribution in [2.24, 2.45) is 53.3 Å². The molecule has 7 aliphatic rings. The van der Waals surface area contributed by atoms with Crippen molar-refractivity contribution in [3.8, 4) is 0 Å². The van der Waals surface area contributed by atoms with Crippen molar-refractivity contribution in [1.29, 1.82) is 0 Å². The van der Waals surface area contributed by atoms with E-state index in [0.717, 1.165) is 65.4 Å². The van der Waals surface area contributed by atoms with Gasteiger partial charge in [-0.1, -0.05) is 38.8 Å². The number of imide groups is 2. The molecule has 4 amide bonds. The zero-order chi connectivity index (χ0) is 53.6. The maximum Gasteiger partial charge on any atom is 0.265 e. The summed E-state index contributed by atoms with van der Waals surface area (Å²) in [6.07, 6.45) is 15.2. The van der Waals surface area contributed by atoms with Gasteiger partial charge >= 0.3 is 0 Å². The Kier molecular flexibility index (Phi) is 11.4. The maximum atomic E-state index is 14.4. The molecule has 13 rings (SSSR count). The van der Waals surface area contributed by atoms with E-state index in [4.69, 9.17) is 0 Å². The van der Waals surface area contributed by atoms with Gasteiger partial charge in [0.05, 0.1) is 43.1 Å². The zero-order valence-electron chi connectivity index (χ0n) is 42.4. The number of allylic oxidation sites excluding steroid dienone is 2. The van der Waals surface area contributed by atoms with E-state index < -0.39 is 62.3 Å². The highest BCUT2D eigenvalue weighted by molar-refractivity contribution is 6.14. The molecule has 2 aromatic carbocycles. The second kappa shape index (κ2) is 17.9. The van der Waals surface area contributed by atoms with E-state index in [1.54, 1.807) is 0 Å². The first-order valence-electron chi connectivity index (χ1n) is 27.3. The number of aromatic nitrogens is 4. The highest BCUT2D eigenvalue weighted by Crippen LogP contribution is 2.63. The zero-order valence-corrected chi connectivity index (χ0v) is 42.4. The minimum atomic E-state index is -0.610. The fraction of sp³-hybridized carbons (Fsp3) is 0.458. The van der Waals surface area contributed by atoms with Gasteiger partial charge in [-0.15, -0.1) is 0 Å². The van der Waals surface area contributed by atoms with Crippen LogP contribution in [0.1, 0.15) is 95.9 Å². The summed E-state index contributed by atoms with van der Waals surface area (Å²) in [5, 5.41) is 0.498. The van der Waals surface area contributed by atoms with Crippen molar-refractivity contribution in [3.05, 3.63) is 150 Å². The summed E-state index contributed by atoms with van der Waals surface area (Å²) in [5.74, 6) is -1.60. The summed E-state index contributed by atoms with van der Waals surface area (Å²) in [7, 11) is 0. The molecule has 0 saturated heterocycles. The molecule has 4 aromatic heterocycles. The van der Waals surface area contributed by atoms with E-state index in [-0.39, 0.29) is 128 Å². The first kappa shape index (κ1) is 48.9. The smallest absolute Gasteiger partial charge is 0.265 e. The lowest BCUT2D eigenvalue weighted by Crippen LogP contribution is -2.36. The summed E-state index contributed by atoms with van der Waals surface area (Å²) < 4.78 is 4.76. The lowest BCUT2D eigenvalue weighted by Gasteiger charge is -2.35. The van der Waals surface area contributed by atoms with Crippen LogP contribution in [0.2, 0.25) is 0 Å². The van der Waals surface area contributed by atoms with Crippen LogP contribution in [0.3, 0.4) is 0 Å². The minimum absolute atomic E-state index is 0.0173. The van der Waals surface area contributed by atoms with Crippen LogP contribution in [0.5, 0.6) is 0 Å². The van der Waals surface area contributed by atoms with E-state index in [1.165, 1.54) is 62.6 Å². The van der Waals surface area contributed by atoms with Crippen molar-refractivity contribution in [3.63, 3.8) is 0 Å². The summed E-state index contributed by atoms with van der Waals surface area (Å²) >= 11 is 0. The third-order valence-electron chi connectivity index (χ3n) is 19.7. The van der Waals surface area contributed by atoms with Crippen LogP contribution >= 0.6 is 0 Å².